The third-order valence-corrected chi connectivity index (χ3v) is 5.58. The summed E-state index contributed by atoms with van der Waals surface area (Å²) in [4.78, 5) is 15.9. The molecule has 5 rings (SSSR count). The summed E-state index contributed by atoms with van der Waals surface area (Å²) in [6.07, 6.45) is 3.86. The van der Waals surface area contributed by atoms with Crippen LogP contribution in [-0.4, -0.2) is 66.2 Å². The molecule has 9 nitrogen and oxygen atoms in total. The second-order valence-corrected chi connectivity index (χ2v) is 8.00. The number of aliphatic hydroxyl groups excluding tert-OH is 2. The number of benzene rings is 1. The van der Waals surface area contributed by atoms with E-state index < -0.39 is 18.3 Å². The molecule has 1 fully saturated rings. The van der Waals surface area contributed by atoms with Crippen LogP contribution in [0.2, 0.25) is 5.02 Å². The van der Waals surface area contributed by atoms with Gasteiger partial charge < -0.3 is 29.2 Å². The zero-order chi connectivity index (χ0) is 22.8. The molecular weight excluding hydrogens is 446 g/mol. The molecule has 0 bridgehead atoms. The number of pyridine rings is 1. The van der Waals surface area contributed by atoms with E-state index in [-0.39, 0.29) is 19.2 Å². The number of aromatic amines is 1. The van der Waals surface area contributed by atoms with E-state index in [1.54, 1.807) is 18.6 Å². The van der Waals surface area contributed by atoms with Gasteiger partial charge in [-0.2, -0.15) is 4.98 Å². The number of hydrogen-bond acceptors (Lipinski definition) is 7. The van der Waals surface area contributed by atoms with Gasteiger partial charge >= 0.3 is 0 Å². The minimum atomic E-state index is -0.804. The van der Waals surface area contributed by atoms with Crippen LogP contribution < -0.4 is 4.74 Å². The van der Waals surface area contributed by atoms with Gasteiger partial charge in [0.05, 0.1) is 36.2 Å². The molecule has 0 aliphatic carbocycles. The molecule has 0 spiro atoms. The van der Waals surface area contributed by atoms with E-state index in [0.717, 1.165) is 11.3 Å². The molecule has 3 N–H and O–H groups in total. The molecule has 10 heteroatoms. The van der Waals surface area contributed by atoms with Gasteiger partial charge in [-0.05, 0) is 36.3 Å². The first-order chi connectivity index (χ1) is 16.1. The van der Waals surface area contributed by atoms with Crippen molar-refractivity contribution in [2.75, 3.05) is 13.2 Å². The molecule has 1 aromatic carbocycles. The average molecular weight is 466 g/mol. The summed E-state index contributed by atoms with van der Waals surface area (Å²) in [5.41, 5.74) is 3.24. The molecule has 3 atom stereocenters. The van der Waals surface area contributed by atoms with Gasteiger partial charge in [-0.1, -0.05) is 17.5 Å². The van der Waals surface area contributed by atoms with Crippen LogP contribution in [0.4, 0.5) is 0 Å². The molecule has 33 heavy (non-hydrogen) atoms. The molecule has 1 aliphatic heterocycles. The number of nitrogens with one attached hydrogen (secondary N) is 1. The fourth-order valence-corrected chi connectivity index (χ4v) is 3.74. The Balaban J connectivity index is 1.32. The highest BCUT2D eigenvalue weighted by Gasteiger charge is 2.31. The number of H-pyrrole nitrogens is 1. The Hall–Kier alpha value is -3.42. The van der Waals surface area contributed by atoms with Crippen molar-refractivity contribution < 1.29 is 19.7 Å². The second kappa shape index (κ2) is 9.21. The lowest BCUT2D eigenvalue weighted by molar-refractivity contribution is -0.131. The van der Waals surface area contributed by atoms with Crippen molar-refractivity contribution in [2.45, 2.75) is 24.7 Å². The van der Waals surface area contributed by atoms with Gasteiger partial charge in [0.15, 0.2) is 5.65 Å². The topological polar surface area (TPSA) is 118 Å². The zero-order valence-electron chi connectivity index (χ0n) is 17.3. The normalized spacial score (nSPS) is 20.4. The van der Waals surface area contributed by atoms with Gasteiger partial charge in [-0.3, -0.25) is 0 Å². The van der Waals surface area contributed by atoms with E-state index in [9.17, 15) is 10.2 Å². The van der Waals surface area contributed by atoms with Gasteiger partial charge in [-0.15, -0.1) is 0 Å². The van der Waals surface area contributed by atoms with Crippen LogP contribution in [0.3, 0.4) is 0 Å². The van der Waals surface area contributed by atoms with Gasteiger partial charge in [-0.25, -0.2) is 9.97 Å². The van der Waals surface area contributed by atoms with E-state index in [1.807, 2.05) is 35.0 Å². The van der Waals surface area contributed by atoms with Crippen molar-refractivity contribution in [3.63, 3.8) is 0 Å². The lowest BCUT2D eigenvalue weighted by atomic mass is 10.0. The highest BCUT2D eigenvalue weighted by Crippen LogP contribution is 2.24. The summed E-state index contributed by atoms with van der Waals surface area (Å²) in [7, 11) is 0. The van der Waals surface area contributed by atoms with Crippen LogP contribution in [0.25, 0.3) is 16.9 Å². The van der Waals surface area contributed by atoms with Crippen LogP contribution >= 0.6 is 11.6 Å². The van der Waals surface area contributed by atoms with E-state index >= 15 is 0 Å². The summed E-state index contributed by atoms with van der Waals surface area (Å²) < 4.78 is 13.1. The fraction of sp³-hybridized carbons (Fsp3) is 0.261. The third kappa shape index (κ3) is 4.69. The highest BCUT2D eigenvalue weighted by molar-refractivity contribution is 6.32. The van der Waals surface area contributed by atoms with Gasteiger partial charge in [0.2, 0.25) is 0 Å². The van der Waals surface area contributed by atoms with Crippen molar-refractivity contribution in [1.82, 2.24) is 24.5 Å². The number of ether oxygens (including phenoxy) is 2. The van der Waals surface area contributed by atoms with Gasteiger partial charge in [0.1, 0.15) is 17.9 Å². The van der Waals surface area contributed by atoms with Crippen molar-refractivity contribution >= 4 is 22.8 Å². The SMILES string of the molecule is OC[C@H]1OCC(Oc2nc3nc(C#Cc4ccc(-n5ccnc5)cc4)c(Cl)cc3[nH]2)C[C@@H]1O. The largest absolute Gasteiger partial charge is 0.459 e. The van der Waals surface area contributed by atoms with Crippen LogP contribution in [-0.2, 0) is 4.74 Å². The zero-order valence-corrected chi connectivity index (χ0v) is 18.1. The number of hydrogen-bond donors (Lipinski definition) is 3. The number of aliphatic hydroxyl groups is 2. The first-order valence-corrected chi connectivity index (χ1v) is 10.7. The minimum absolute atomic E-state index is 0.237. The van der Waals surface area contributed by atoms with Gasteiger partial charge in [0.25, 0.3) is 6.01 Å². The number of aromatic nitrogens is 5. The molecule has 3 aromatic heterocycles. The van der Waals surface area contributed by atoms with E-state index in [2.05, 4.69) is 31.8 Å². The smallest absolute Gasteiger partial charge is 0.296 e. The van der Waals surface area contributed by atoms with Crippen molar-refractivity contribution in [3.05, 3.63) is 65.3 Å². The molecule has 1 unspecified atom stereocenters. The first-order valence-electron chi connectivity index (χ1n) is 10.3. The number of fused-ring (bicyclic) bond motifs is 1. The lowest BCUT2D eigenvalue weighted by Gasteiger charge is -2.31. The maximum Gasteiger partial charge on any atom is 0.296 e. The quantitative estimate of drug-likeness (QED) is 0.395. The van der Waals surface area contributed by atoms with Crippen LogP contribution in [0.15, 0.2) is 49.1 Å². The maximum atomic E-state index is 10.0. The number of imidazole rings is 2. The average Bonchev–Trinajstić information content (AvgIpc) is 3.48. The number of halogens is 1. The van der Waals surface area contributed by atoms with Crippen LogP contribution in [0.1, 0.15) is 17.7 Å². The Kier molecular flexibility index (Phi) is 5.98. The van der Waals surface area contributed by atoms with E-state index in [4.69, 9.17) is 21.1 Å². The lowest BCUT2D eigenvalue weighted by Crippen LogP contribution is -2.45. The Morgan fingerprint density at radius 3 is 2.82 bits per heavy atom. The second-order valence-electron chi connectivity index (χ2n) is 7.60. The Morgan fingerprint density at radius 2 is 2.09 bits per heavy atom. The monoisotopic (exact) mass is 465 g/mol. The summed E-state index contributed by atoms with van der Waals surface area (Å²) in [6.45, 7) is 0.00336. The third-order valence-electron chi connectivity index (χ3n) is 5.29. The molecule has 1 aliphatic rings. The number of rotatable bonds is 4. The summed E-state index contributed by atoms with van der Waals surface area (Å²) >= 11 is 6.37. The van der Waals surface area contributed by atoms with E-state index in [1.165, 1.54) is 0 Å². The number of nitrogens with zero attached hydrogens (tertiary/aromatic N) is 4. The Bertz CT molecular complexity index is 1310. The Morgan fingerprint density at radius 1 is 1.24 bits per heavy atom. The summed E-state index contributed by atoms with van der Waals surface area (Å²) in [6, 6.07) is 9.68. The van der Waals surface area contributed by atoms with Crippen molar-refractivity contribution in [3.8, 4) is 23.5 Å². The molecule has 4 heterocycles. The predicted octanol–water partition coefficient (Wildman–Crippen LogP) is 2.09. The fourth-order valence-electron chi connectivity index (χ4n) is 3.54. The van der Waals surface area contributed by atoms with Crippen LogP contribution in [0, 0.1) is 11.8 Å². The summed E-state index contributed by atoms with van der Waals surface area (Å²) in [5, 5.41) is 19.6. The minimum Gasteiger partial charge on any atom is -0.459 e. The maximum absolute atomic E-state index is 10.0. The molecule has 1 saturated heterocycles. The van der Waals surface area contributed by atoms with Crippen molar-refractivity contribution in [2.24, 2.45) is 0 Å². The molecule has 168 valence electrons. The van der Waals surface area contributed by atoms with Crippen LogP contribution in [0.5, 0.6) is 6.01 Å². The Labute approximate surface area is 194 Å². The van der Waals surface area contributed by atoms with E-state index in [0.29, 0.717) is 28.3 Å². The molecule has 0 radical (unpaired) electrons. The molecule has 4 aromatic rings. The highest BCUT2D eigenvalue weighted by atomic mass is 35.5. The van der Waals surface area contributed by atoms with Crippen molar-refractivity contribution in [1.29, 1.82) is 0 Å². The standard InChI is InChI=1S/C23H20ClN5O4/c24-17-10-19-22(28-23(27-19)33-16-9-20(31)21(11-30)32-12-16)26-18(17)6-3-14-1-4-15(5-2-14)29-8-7-25-13-29/h1-2,4-5,7-8,10,13,16,20-21,30-31H,9,11-12H2,(H,26,27,28)/t16?,20-,21+/m0/s1. The molecule has 0 saturated carbocycles. The first kappa shape index (κ1) is 21.4. The molecular formula is C23H20ClN5O4. The summed E-state index contributed by atoms with van der Waals surface area (Å²) in [5.74, 6) is 6.07. The predicted molar refractivity (Wildman–Crippen MR) is 120 cm³/mol. The molecule has 0 amide bonds. The van der Waals surface area contributed by atoms with Gasteiger partial charge in [0, 0.05) is 30.1 Å².